The Morgan fingerprint density at radius 1 is 1.23 bits per heavy atom. The fourth-order valence-corrected chi connectivity index (χ4v) is 4.59. The molecule has 0 aliphatic heterocycles. The van der Waals surface area contributed by atoms with E-state index >= 15 is 0 Å². The molecule has 0 radical (unpaired) electrons. The Kier molecular flexibility index (Phi) is 8.35. The van der Waals surface area contributed by atoms with E-state index in [9.17, 15) is 4.79 Å². The molecule has 2 aromatic carbocycles. The van der Waals surface area contributed by atoms with Crippen LogP contribution in [0.4, 0.5) is 0 Å². The highest BCUT2D eigenvalue weighted by Gasteiger charge is 2.21. The molecule has 0 saturated heterocycles. The summed E-state index contributed by atoms with van der Waals surface area (Å²) in [7, 11) is 1.64. The molecule has 166 valence electrons. The number of guanidine groups is 1. The van der Waals surface area contributed by atoms with Gasteiger partial charge in [-0.25, -0.2) is 0 Å². The summed E-state index contributed by atoms with van der Waals surface area (Å²) in [6.07, 6.45) is 4.88. The van der Waals surface area contributed by atoms with Gasteiger partial charge in [-0.05, 0) is 80.0 Å². The topological polar surface area (TPSA) is 100 Å². The lowest BCUT2D eigenvalue weighted by Crippen LogP contribution is -2.47. The zero-order valence-electron chi connectivity index (χ0n) is 17.5. The number of benzene rings is 2. The van der Waals surface area contributed by atoms with Gasteiger partial charge in [-0.15, -0.1) is 0 Å². The number of methoxy groups -OCH3 is 1. The Bertz CT molecular complexity index is 945. The first-order chi connectivity index (χ1) is 14.9. The maximum atomic E-state index is 12.9. The van der Waals surface area contributed by atoms with Gasteiger partial charge in [0.25, 0.3) is 5.91 Å². The number of carbonyl (C=O) groups is 1. The molecule has 0 bridgehead atoms. The van der Waals surface area contributed by atoms with E-state index in [4.69, 9.17) is 27.5 Å². The number of rotatable bonds is 6. The van der Waals surface area contributed by atoms with Crippen LogP contribution in [0, 0.1) is 5.41 Å². The van der Waals surface area contributed by atoms with E-state index in [0.717, 1.165) is 47.0 Å². The summed E-state index contributed by atoms with van der Waals surface area (Å²) >= 11 is 9.94. The Balaban J connectivity index is 1.68. The van der Waals surface area contributed by atoms with Gasteiger partial charge in [0, 0.05) is 27.1 Å². The van der Waals surface area contributed by atoms with Crippen molar-refractivity contribution in [2.45, 2.75) is 50.6 Å². The summed E-state index contributed by atoms with van der Waals surface area (Å²) < 4.78 is 6.41. The number of hydrogen-bond donors (Lipinski definition) is 4. The number of hydrogen-bond acceptors (Lipinski definition) is 4. The van der Waals surface area contributed by atoms with Gasteiger partial charge < -0.3 is 15.8 Å². The lowest BCUT2D eigenvalue weighted by molar-refractivity contribution is 0.0974. The van der Waals surface area contributed by atoms with Gasteiger partial charge in [0.2, 0.25) is 0 Å². The van der Waals surface area contributed by atoms with Crippen molar-refractivity contribution in [1.29, 1.82) is 5.41 Å². The number of nitrogens with one attached hydrogen (secondary N) is 3. The van der Waals surface area contributed by atoms with Gasteiger partial charge >= 0.3 is 0 Å². The van der Waals surface area contributed by atoms with E-state index in [0.29, 0.717) is 23.4 Å². The van der Waals surface area contributed by atoms with Gasteiger partial charge in [-0.2, -0.15) is 0 Å². The first-order valence-electron chi connectivity index (χ1n) is 10.4. The molecule has 1 aliphatic rings. The van der Waals surface area contributed by atoms with E-state index in [2.05, 4.69) is 26.6 Å². The first-order valence-corrected chi connectivity index (χ1v) is 11.6. The molecular formula is C23H28BrClN4O2. The van der Waals surface area contributed by atoms with Gasteiger partial charge in [-0.1, -0.05) is 33.6 Å². The Morgan fingerprint density at radius 3 is 2.68 bits per heavy atom. The van der Waals surface area contributed by atoms with Crippen LogP contribution in [0.2, 0.25) is 5.02 Å². The van der Waals surface area contributed by atoms with Crippen molar-refractivity contribution in [3.05, 3.63) is 62.6 Å². The second-order valence-corrected chi connectivity index (χ2v) is 9.13. The van der Waals surface area contributed by atoms with Crippen molar-refractivity contribution in [3.63, 3.8) is 0 Å². The lowest BCUT2D eigenvalue weighted by Gasteiger charge is -2.27. The van der Waals surface area contributed by atoms with Crippen LogP contribution in [0.15, 0.2) is 40.9 Å². The predicted molar refractivity (Wildman–Crippen MR) is 128 cm³/mol. The van der Waals surface area contributed by atoms with Crippen LogP contribution in [0.1, 0.15) is 47.2 Å². The quantitative estimate of drug-likeness (QED) is 0.343. The SMILES string of the molecule is COc1ccc(Br)cc1CCc1c(Cl)cccc1C(=O)NC(=N)N[C@H]1CC[C@H](N)CC1. The smallest absolute Gasteiger partial charge is 0.258 e. The molecule has 0 aromatic heterocycles. The molecule has 5 N–H and O–H groups in total. The molecule has 1 fully saturated rings. The van der Waals surface area contributed by atoms with Gasteiger partial charge in [-0.3, -0.25) is 15.5 Å². The zero-order valence-corrected chi connectivity index (χ0v) is 19.9. The number of nitrogens with two attached hydrogens (primary N) is 1. The number of halogens is 2. The van der Waals surface area contributed by atoms with Crippen LogP contribution in [-0.2, 0) is 12.8 Å². The molecule has 1 amide bonds. The Labute approximate surface area is 196 Å². The van der Waals surface area contributed by atoms with Crippen LogP contribution < -0.4 is 21.1 Å². The minimum atomic E-state index is -0.344. The van der Waals surface area contributed by atoms with Crippen molar-refractivity contribution >= 4 is 39.4 Å². The molecule has 6 nitrogen and oxygen atoms in total. The Hall–Kier alpha value is -2.09. The summed E-state index contributed by atoms with van der Waals surface area (Å²) in [6.45, 7) is 0. The normalized spacial score (nSPS) is 18.3. The number of aryl methyl sites for hydroxylation is 1. The third-order valence-corrected chi connectivity index (χ3v) is 6.46. The third kappa shape index (κ3) is 6.45. The molecule has 31 heavy (non-hydrogen) atoms. The average molecular weight is 508 g/mol. The highest BCUT2D eigenvalue weighted by molar-refractivity contribution is 9.10. The van der Waals surface area contributed by atoms with E-state index in [1.54, 1.807) is 25.3 Å². The van der Waals surface area contributed by atoms with Crippen LogP contribution in [0.25, 0.3) is 0 Å². The number of ether oxygens (including phenoxy) is 1. The van der Waals surface area contributed by atoms with E-state index < -0.39 is 0 Å². The second-order valence-electron chi connectivity index (χ2n) is 7.81. The highest BCUT2D eigenvalue weighted by Crippen LogP contribution is 2.27. The molecular weight excluding hydrogens is 480 g/mol. The second kappa shape index (κ2) is 11.0. The third-order valence-electron chi connectivity index (χ3n) is 5.61. The van der Waals surface area contributed by atoms with Crippen LogP contribution in [0.3, 0.4) is 0 Å². The standard InChI is InChI=1S/C23H28BrClN4O2/c1-31-21-12-6-15(24)13-14(21)5-11-18-19(3-2-4-20(18)25)22(30)29-23(27)28-17-9-7-16(26)8-10-17/h2-4,6,12-13,16-17H,5,7-11,26H2,1H3,(H3,27,28,29,30)/t16-,17-. The number of amides is 1. The molecule has 0 spiro atoms. The van der Waals surface area contributed by atoms with Crippen LogP contribution >= 0.6 is 27.5 Å². The minimum absolute atomic E-state index is 0.00468. The minimum Gasteiger partial charge on any atom is -0.496 e. The summed E-state index contributed by atoms with van der Waals surface area (Å²) in [4.78, 5) is 12.9. The highest BCUT2D eigenvalue weighted by atomic mass is 79.9. The van der Waals surface area contributed by atoms with Crippen molar-refractivity contribution in [2.75, 3.05) is 7.11 Å². The fraction of sp³-hybridized carbons (Fsp3) is 0.391. The molecule has 0 atom stereocenters. The summed E-state index contributed by atoms with van der Waals surface area (Å²) in [5.74, 6) is 0.452. The predicted octanol–water partition coefficient (Wildman–Crippen LogP) is 4.42. The van der Waals surface area contributed by atoms with Gasteiger partial charge in [0.05, 0.1) is 7.11 Å². The van der Waals surface area contributed by atoms with Crippen LogP contribution in [-0.4, -0.2) is 31.1 Å². The van der Waals surface area contributed by atoms with E-state index in [1.807, 2.05) is 18.2 Å². The van der Waals surface area contributed by atoms with E-state index in [-0.39, 0.29) is 24.0 Å². The van der Waals surface area contributed by atoms with Gasteiger partial charge in [0.1, 0.15) is 5.75 Å². The van der Waals surface area contributed by atoms with Gasteiger partial charge in [0.15, 0.2) is 5.96 Å². The molecule has 1 saturated carbocycles. The zero-order chi connectivity index (χ0) is 22.4. The fourth-order valence-electron chi connectivity index (χ4n) is 3.91. The summed E-state index contributed by atoms with van der Waals surface area (Å²) in [5, 5.41) is 14.5. The summed E-state index contributed by atoms with van der Waals surface area (Å²) in [5.41, 5.74) is 8.18. The molecule has 0 unspecified atom stereocenters. The molecule has 8 heteroatoms. The lowest BCUT2D eigenvalue weighted by atomic mass is 9.92. The monoisotopic (exact) mass is 506 g/mol. The molecule has 3 rings (SSSR count). The average Bonchev–Trinajstić information content (AvgIpc) is 2.74. The first kappa shape index (κ1) is 23.6. The maximum absolute atomic E-state index is 12.9. The molecule has 0 heterocycles. The van der Waals surface area contributed by atoms with Crippen molar-refractivity contribution in [3.8, 4) is 5.75 Å². The maximum Gasteiger partial charge on any atom is 0.258 e. The van der Waals surface area contributed by atoms with Crippen molar-refractivity contribution in [1.82, 2.24) is 10.6 Å². The van der Waals surface area contributed by atoms with Crippen LogP contribution in [0.5, 0.6) is 5.75 Å². The molecule has 1 aliphatic carbocycles. The van der Waals surface area contributed by atoms with Crippen molar-refractivity contribution < 1.29 is 9.53 Å². The largest absolute Gasteiger partial charge is 0.496 e. The summed E-state index contributed by atoms with van der Waals surface area (Å²) in [6, 6.07) is 11.5. The molecule has 2 aromatic rings. The Morgan fingerprint density at radius 2 is 1.97 bits per heavy atom. The van der Waals surface area contributed by atoms with E-state index in [1.165, 1.54) is 0 Å². The number of carbonyl (C=O) groups excluding carboxylic acids is 1. The van der Waals surface area contributed by atoms with Crippen molar-refractivity contribution in [2.24, 2.45) is 5.73 Å².